The normalized spacial score (nSPS) is 18.1. The highest BCUT2D eigenvalue weighted by Gasteiger charge is 2.37. The van der Waals surface area contributed by atoms with Gasteiger partial charge in [0.05, 0.1) is 12.5 Å². The smallest absolute Gasteiger partial charge is 0.326 e. The average molecular weight is 480 g/mol. The second-order valence-corrected chi connectivity index (χ2v) is 8.16. The van der Waals surface area contributed by atoms with Crippen molar-refractivity contribution in [2.24, 2.45) is 11.5 Å². The molecule has 2 rings (SSSR count). The Kier molecular flexibility index (Phi) is 9.67. The van der Waals surface area contributed by atoms with Crippen molar-refractivity contribution in [3.8, 4) is 0 Å². The number of aliphatic carboxylic acids is 1. The second kappa shape index (κ2) is 12.2. The number of carbonyl (C=O) groups is 5. The van der Waals surface area contributed by atoms with Gasteiger partial charge in [-0.3, -0.25) is 19.2 Å². The molecule has 0 bridgehead atoms. The van der Waals surface area contributed by atoms with Gasteiger partial charge in [0.1, 0.15) is 18.1 Å². The number of primary amides is 1. The number of carbonyl (C=O) groups excluding carboxylic acids is 4. The Hall–Kier alpha value is -3.12. The second-order valence-electron chi connectivity index (χ2n) is 7.80. The van der Waals surface area contributed by atoms with Gasteiger partial charge in [0.15, 0.2) is 0 Å². The van der Waals surface area contributed by atoms with Crippen LogP contribution in [0.1, 0.15) is 24.8 Å². The lowest BCUT2D eigenvalue weighted by molar-refractivity contribution is -0.144. The molecule has 0 radical (unpaired) electrons. The lowest BCUT2D eigenvalue weighted by Crippen LogP contribution is -2.57. The van der Waals surface area contributed by atoms with E-state index in [1.807, 2.05) is 0 Å². The summed E-state index contributed by atoms with van der Waals surface area (Å²) in [7, 11) is 0. The summed E-state index contributed by atoms with van der Waals surface area (Å²) >= 11 is 4.03. The fourth-order valence-electron chi connectivity index (χ4n) is 3.59. The van der Waals surface area contributed by atoms with Gasteiger partial charge in [-0.1, -0.05) is 30.3 Å². The first kappa shape index (κ1) is 26.1. The Bertz CT molecular complexity index is 883. The van der Waals surface area contributed by atoms with E-state index in [0.717, 1.165) is 5.56 Å². The van der Waals surface area contributed by atoms with E-state index in [9.17, 15) is 29.1 Å². The van der Waals surface area contributed by atoms with Gasteiger partial charge in [-0.05, 0) is 18.4 Å². The van der Waals surface area contributed by atoms with Crippen LogP contribution in [-0.4, -0.2) is 76.1 Å². The third-order valence-corrected chi connectivity index (χ3v) is 5.68. The number of nitrogens with one attached hydrogen (secondary N) is 2. The van der Waals surface area contributed by atoms with Crippen LogP contribution in [0.4, 0.5) is 0 Å². The topological polar surface area (TPSA) is 185 Å². The zero-order valence-corrected chi connectivity index (χ0v) is 18.9. The van der Waals surface area contributed by atoms with Crippen LogP contribution in [0.3, 0.4) is 0 Å². The number of amides is 4. The van der Waals surface area contributed by atoms with Crippen molar-refractivity contribution in [1.82, 2.24) is 15.5 Å². The quantitative estimate of drug-likeness (QED) is 0.206. The van der Waals surface area contributed by atoms with Gasteiger partial charge in [0.25, 0.3) is 0 Å². The standard InChI is InChI=1S/C21H29N5O6S/c22-13(11-33)20(30)26-8-4-7-16(26)19(29)24-14(9-12-5-2-1-3-6-12)18(28)25-15(21(31)32)10-17(23)27/h1-3,5-6,13-16,33H,4,7-11,22H2,(H2,23,27)(H,24,29)(H,25,28)(H,31,32). The number of carboxylic acid groups (broad SMARTS) is 1. The number of hydrogen-bond acceptors (Lipinski definition) is 7. The maximum absolute atomic E-state index is 13.0. The molecule has 7 N–H and O–H groups in total. The van der Waals surface area contributed by atoms with Crippen LogP contribution in [0, 0.1) is 0 Å². The maximum atomic E-state index is 13.0. The summed E-state index contributed by atoms with van der Waals surface area (Å²) in [6.07, 6.45) is 0.464. The molecule has 1 fully saturated rings. The van der Waals surface area contributed by atoms with E-state index >= 15 is 0 Å². The molecule has 0 spiro atoms. The minimum atomic E-state index is -1.54. The van der Waals surface area contributed by atoms with Gasteiger partial charge < -0.3 is 32.1 Å². The molecule has 180 valence electrons. The van der Waals surface area contributed by atoms with Gasteiger partial charge in [-0.25, -0.2) is 4.79 Å². The lowest BCUT2D eigenvalue weighted by Gasteiger charge is -2.28. The Morgan fingerprint density at radius 1 is 1.12 bits per heavy atom. The van der Waals surface area contributed by atoms with Crippen LogP contribution < -0.4 is 22.1 Å². The summed E-state index contributed by atoms with van der Waals surface area (Å²) in [5, 5.41) is 14.2. The van der Waals surface area contributed by atoms with Crippen LogP contribution in [0.15, 0.2) is 30.3 Å². The van der Waals surface area contributed by atoms with Crippen molar-refractivity contribution in [2.75, 3.05) is 12.3 Å². The van der Waals surface area contributed by atoms with E-state index in [4.69, 9.17) is 11.5 Å². The molecule has 1 saturated heterocycles. The van der Waals surface area contributed by atoms with Crippen LogP contribution in [0.5, 0.6) is 0 Å². The molecule has 4 unspecified atom stereocenters. The minimum absolute atomic E-state index is 0.0676. The van der Waals surface area contributed by atoms with Crippen molar-refractivity contribution in [1.29, 1.82) is 0 Å². The SMILES string of the molecule is NC(=O)CC(NC(=O)C(Cc1ccccc1)NC(=O)C1CCCN1C(=O)C(N)CS)C(=O)O. The van der Waals surface area contributed by atoms with Crippen LogP contribution >= 0.6 is 12.6 Å². The summed E-state index contributed by atoms with van der Waals surface area (Å²) in [5.41, 5.74) is 11.6. The van der Waals surface area contributed by atoms with Crippen molar-refractivity contribution in [2.45, 2.75) is 49.9 Å². The van der Waals surface area contributed by atoms with E-state index < -0.39 is 60.2 Å². The van der Waals surface area contributed by atoms with Gasteiger partial charge in [-0.15, -0.1) is 0 Å². The maximum Gasteiger partial charge on any atom is 0.326 e. The molecule has 1 aliphatic heterocycles. The minimum Gasteiger partial charge on any atom is -0.480 e. The molecule has 4 amide bonds. The highest BCUT2D eigenvalue weighted by atomic mass is 32.1. The third kappa shape index (κ3) is 7.46. The van der Waals surface area contributed by atoms with Crippen LogP contribution in [-0.2, 0) is 30.4 Å². The molecular weight excluding hydrogens is 450 g/mol. The van der Waals surface area contributed by atoms with Gasteiger partial charge in [0, 0.05) is 18.7 Å². The molecule has 1 aromatic rings. The predicted molar refractivity (Wildman–Crippen MR) is 122 cm³/mol. The first-order valence-corrected chi connectivity index (χ1v) is 11.1. The Balaban J connectivity index is 2.20. The number of hydrogen-bond donors (Lipinski definition) is 6. The van der Waals surface area contributed by atoms with Crippen molar-refractivity contribution < 1.29 is 29.1 Å². The van der Waals surface area contributed by atoms with Crippen molar-refractivity contribution in [3.63, 3.8) is 0 Å². The van der Waals surface area contributed by atoms with E-state index in [1.165, 1.54) is 4.90 Å². The van der Waals surface area contributed by atoms with Gasteiger partial charge in [-0.2, -0.15) is 12.6 Å². The monoisotopic (exact) mass is 479 g/mol. The first-order valence-electron chi connectivity index (χ1n) is 10.5. The summed E-state index contributed by atoms with van der Waals surface area (Å²) < 4.78 is 0. The Morgan fingerprint density at radius 3 is 2.36 bits per heavy atom. The molecular formula is C21H29N5O6S. The molecule has 1 aliphatic rings. The summed E-state index contributed by atoms with van der Waals surface area (Å²) in [6.45, 7) is 0.355. The fourth-order valence-corrected chi connectivity index (χ4v) is 3.75. The van der Waals surface area contributed by atoms with Gasteiger partial charge in [0.2, 0.25) is 23.6 Å². The van der Waals surface area contributed by atoms with E-state index in [-0.39, 0.29) is 12.2 Å². The molecule has 12 heteroatoms. The number of rotatable bonds is 11. The molecule has 4 atom stereocenters. The molecule has 0 aromatic heterocycles. The van der Waals surface area contributed by atoms with Crippen LogP contribution in [0.25, 0.3) is 0 Å². The number of carboxylic acids is 1. The number of likely N-dealkylation sites (tertiary alicyclic amines) is 1. The lowest BCUT2D eigenvalue weighted by atomic mass is 10.0. The zero-order valence-electron chi connectivity index (χ0n) is 18.0. The zero-order chi connectivity index (χ0) is 24.5. The predicted octanol–water partition coefficient (Wildman–Crippen LogP) is -1.59. The average Bonchev–Trinajstić information content (AvgIpc) is 3.27. The summed E-state index contributed by atoms with van der Waals surface area (Å²) in [5.74, 6) is -3.95. The number of nitrogens with zero attached hydrogens (tertiary/aromatic N) is 1. The summed E-state index contributed by atoms with van der Waals surface area (Å²) in [4.78, 5) is 62.4. The third-order valence-electron chi connectivity index (χ3n) is 5.29. The molecule has 33 heavy (non-hydrogen) atoms. The molecule has 0 saturated carbocycles. The number of thiol groups is 1. The van der Waals surface area contributed by atoms with Crippen molar-refractivity contribution >= 4 is 42.2 Å². The number of nitrogens with two attached hydrogens (primary N) is 2. The van der Waals surface area contributed by atoms with E-state index in [0.29, 0.717) is 19.4 Å². The van der Waals surface area contributed by atoms with Gasteiger partial charge >= 0.3 is 5.97 Å². The van der Waals surface area contributed by atoms with E-state index in [1.54, 1.807) is 30.3 Å². The largest absolute Gasteiger partial charge is 0.480 e. The molecule has 1 heterocycles. The molecule has 11 nitrogen and oxygen atoms in total. The highest BCUT2D eigenvalue weighted by molar-refractivity contribution is 7.80. The van der Waals surface area contributed by atoms with Crippen LogP contribution in [0.2, 0.25) is 0 Å². The summed E-state index contributed by atoms with van der Waals surface area (Å²) in [6, 6.07) is 4.46. The Labute approximate surface area is 196 Å². The first-order chi connectivity index (χ1) is 15.6. The molecule has 0 aliphatic carbocycles. The van der Waals surface area contributed by atoms with Crippen molar-refractivity contribution in [3.05, 3.63) is 35.9 Å². The highest BCUT2D eigenvalue weighted by Crippen LogP contribution is 2.19. The van der Waals surface area contributed by atoms with E-state index in [2.05, 4.69) is 23.3 Å². The Morgan fingerprint density at radius 2 is 1.79 bits per heavy atom. The number of benzene rings is 1. The molecule has 1 aromatic carbocycles. The fraction of sp³-hybridized carbons (Fsp3) is 0.476.